The summed E-state index contributed by atoms with van der Waals surface area (Å²) in [6.45, 7) is 5.11. The first-order valence-electron chi connectivity index (χ1n) is 10.5. The Labute approximate surface area is 198 Å². The molecular formula is C22H25Cl2N3O4S. The quantitative estimate of drug-likeness (QED) is 0.674. The second kappa shape index (κ2) is 8.74. The molecule has 1 saturated carbocycles. The third-order valence-corrected chi connectivity index (χ3v) is 7.83. The number of hydrogen-bond acceptors (Lipinski definition) is 6. The number of anilines is 1. The summed E-state index contributed by atoms with van der Waals surface area (Å²) in [7, 11) is -3.74. The van der Waals surface area contributed by atoms with Crippen LogP contribution in [0.15, 0.2) is 29.2 Å². The first-order valence-corrected chi connectivity index (χ1v) is 12.5. The maximum Gasteiger partial charge on any atom is 0.251 e. The van der Waals surface area contributed by atoms with Crippen LogP contribution in [0.25, 0.3) is 0 Å². The fourth-order valence-electron chi connectivity index (χ4n) is 4.08. The van der Waals surface area contributed by atoms with E-state index in [0.717, 1.165) is 44.7 Å². The average molecular weight is 498 g/mol. The van der Waals surface area contributed by atoms with Crippen molar-refractivity contribution in [2.24, 2.45) is 0 Å². The van der Waals surface area contributed by atoms with Gasteiger partial charge < -0.3 is 20.3 Å². The van der Waals surface area contributed by atoms with Gasteiger partial charge in [0.1, 0.15) is 16.4 Å². The van der Waals surface area contributed by atoms with E-state index in [1.807, 2.05) is 12.1 Å². The maximum absolute atomic E-state index is 13.3. The Morgan fingerprint density at radius 1 is 1.16 bits per heavy atom. The molecule has 172 valence electrons. The normalized spacial score (nSPS) is 19.0. The number of carbonyl (C=O) groups excluding carboxylic acids is 1. The van der Waals surface area contributed by atoms with Crippen LogP contribution in [0.2, 0.25) is 5.02 Å². The van der Waals surface area contributed by atoms with Crippen molar-refractivity contribution in [1.29, 1.82) is 0 Å². The molecule has 0 atom stereocenters. The second-order valence-electron chi connectivity index (χ2n) is 8.38. The van der Waals surface area contributed by atoms with Crippen LogP contribution in [0.4, 0.5) is 5.69 Å². The number of carbonyl (C=O) groups is 1. The highest BCUT2D eigenvalue weighted by Crippen LogP contribution is 2.45. The van der Waals surface area contributed by atoms with E-state index in [2.05, 4.69) is 15.5 Å². The van der Waals surface area contributed by atoms with Crippen LogP contribution in [0.5, 0.6) is 11.5 Å². The van der Waals surface area contributed by atoms with E-state index in [1.165, 1.54) is 6.07 Å². The number of fused-ring (bicyclic) bond motifs is 2. The number of amides is 1. The van der Waals surface area contributed by atoms with Crippen molar-refractivity contribution in [3.8, 4) is 11.5 Å². The standard InChI is InChI=1S/C22H24ClN3O4S.ClH/c1-13-8-14(22(27)25-16-2-3-16)10-19-20(13)30-21-15(12-31(19,28)29)9-17(11-18(21)23)26-6-4-24-5-7-26;/h8-11,16,24H,2-7,12H2,1H3,(H,25,27);1H. The van der Waals surface area contributed by atoms with Crippen molar-refractivity contribution < 1.29 is 17.9 Å². The minimum absolute atomic E-state index is 0. The highest BCUT2D eigenvalue weighted by Gasteiger charge is 2.32. The highest BCUT2D eigenvalue weighted by molar-refractivity contribution is 7.90. The van der Waals surface area contributed by atoms with E-state index in [-0.39, 0.29) is 40.8 Å². The number of piperazine rings is 1. The number of ether oxygens (including phenoxy) is 1. The third-order valence-electron chi connectivity index (χ3n) is 5.89. The molecule has 2 aromatic rings. The van der Waals surface area contributed by atoms with Crippen LogP contribution >= 0.6 is 24.0 Å². The molecular weight excluding hydrogens is 473 g/mol. The number of nitrogens with one attached hydrogen (secondary N) is 2. The monoisotopic (exact) mass is 497 g/mol. The Kier molecular flexibility index (Phi) is 6.33. The van der Waals surface area contributed by atoms with Gasteiger partial charge in [-0.3, -0.25) is 4.79 Å². The van der Waals surface area contributed by atoms with Crippen molar-refractivity contribution >= 4 is 45.4 Å². The van der Waals surface area contributed by atoms with E-state index in [1.54, 1.807) is 13.0 Å². The summed E-state index contributed by atoms with van der Waals surface area (Å²) in [5.74, 6) is 0.103. The molecule has 7 nitrogen and oxygen atoms in total. The highest BCUT2D eigenvalue weighted by atomic mass is 35.5. The fraction of sp³-hybridized carbons (Fsp3) is 0.409. The number of hydrogen-bond donors (Lipinski definition) is 2. The van der Waals surface area contributed by atoms with Crippen LogP contribution in [-0.2, 0) is 15.6 Å². The molecule has 2 aromatic carbocycles. The van der Waals surface area contributed by atoms with Crippen molar-refractivity contribution in [1.82, 2.24) is 10.6 Å². The number of benzene rings is 2. The van der Waals surface area contributed by atoms with Crippen LogP contribution in [0.1, 0.15) is 34.3 Å². The molecule has 32 heavy (non-hydrogen) atoms. The van der Waals surface area contributed by atoms with Gasteiger partial charge in [0.15, 0.2) is 9.84 Å². The van der Waals surface area contributed by atoms with Gasteiger partial charge in [-0.2, -0.15) is 0 Å². The van der Waals surface area contributed by atoms with Gasteiger partial charge in [0.2, 0.25) is 0 Å². The SMILES string of the molecule is Cc1cc(C(=O)NC2CC2)cc2c1Oc1c(Cl)cc(N3CCNCC3)cc1CS2(=O)=O.Cl. The van der Waals surface area contributed by atoms with Crippen molar-refractivity contribution in [2.75, 3.05) is 31.1 Å². The van der Waals surface area contributed by atoms with E-state index >= 15 is 0 Å². The molecule has 2 N–H and O–H groups in total. The van der Waals surface area contributed by atoms with Crippen LogP contribution in [-0.4, -0.2) is 46.5 Å². The summed E-state index contributed by atoms with van der Waals surface area (Å²) < 4.78 is 32.8. The molecule has 1 amide bonds. The molecule has 10 heteroatoms. The average Bonchev–Trinajstić information content (AvgIpc) is 3.55. The molecule has 1 saturated heterocycles. The molecule has 3 aliphatic rings. The molecule has 0 unspecified atom stereocenters. The Morgan fingerprint density at radius 2 is 1.88 bits per heavy atom. The minimum atomic E-state index is -3.74. The Bertz CT molecular complexity index is 1180. The predicted molar refractivity (Wildman–Crippen MR) is 126 cm³/mol. The molecule has 1 aliphatic carbocycles. The number of aryl methyl sites for hydroxylation is 1. The first-order chi connectivity index (χ1) is 14.8. The minimum Gasteiger partial charge on any atom is -0.454 e. The van der Waals surface area contributed by atoms with E-state index in [4.69, 9.17) is 16.3 Å². The molecule has 2 heterocycles. The largest absolute Gasteiger partial charge is 0.454 e. The smallest absolute Gasteiger partial charge is 0.251 e. The zero-order chi connectivity index (χ0) is 21.8. The van der Waals surface area contributed by atoms with Crippen LogP contribution in [0, 0.1) is 6.92 Å². The van der Waals surface area contributed by atoms with Gasteiger partial charge in [0.05, 0.1) is 10.8 Å². The predicted octanol–water partition coefficient (Wildman–Crippen LogP) is 3.45. The Hall–Kier alpha value is -2.00. The molecule has 0 spiro atoms. The Morgan fingerprint density at radius 3 is 2.56 bits per heavy atom. The number of rotatable bonds is 3. The summed E-state index contributed by atoms with van der Waals surface area (Å²) in [6, 6.07) is 6.96. The summed E-state index contributed by atoms with van der Waals surface area (Å²) in [6.07, 6.45) is 1.92. The Balaban J connectivity index is 0.00000245. The maximum atomic E-state index is 13.3. The molecule has 2 aliphatic heterocycles. The summed E-state index contributed by atoms with van der Waals surface area (Å²) >= 11 is 6.57. The lowest BCUT2D eigenvalue weighted by Crippen LogP contribution is -2.43. The number of nitrogens with zero attached hydrogens (tertiary/aromatic N) is 1. The summed E-state index contributed by atoms with van der Waals surface area (Å²) in [4.78, 5) is 14.8. The van der Waals surface area contributed by atoms with Crippen molar-refractivity contribution in [3.63, 3.8) is 0 Å². The van der Waals surface area contributed by atoms with Gasteiger partial charge in [0.25, 0.3) is 5.91 Å². The topological polar surface area (TPSA) is 87.7 Å². The second-order valence-corrected chi connectivity index (χ2v) is 10.7. The molecule has 0 bridgehead atoms. The van der Waals surface area contributed by atoms with E-state index in [0.29, 0.717) is 27.5 Å². The summed E-state index contributed by atoms with van der Waals surface area (Å²) in [5, 5.41) is 6.59. The van der Waals surface area contributed by atoms with Crippen LogP contribution in [0.3, 0.4) is 0 Å². The summed E-state index contributed by atoms with van der Waals surface area (Å²) in [5.41, 5.74) is 2.32. The first kappa shape index (κ1) is 23.2. The molecule has 2 fully saturated rings. The molecule has 0 aromatic heterocycles. The third kappa shape index (κ3) is 4.41. The van der Waals surface area contributed by atoms with E-state index < -0.39 is 9.84 Å². The zero-order valence-corrected chi connectivity index (χ0v) is 20.0. The van der Waals surface area contributed by atoms with Gasteiger partial charge in [-0.15, -0.1) is 12.4 Å². The van der Waals surface area contributed by atoms with Gasteiger partial charge in [-0.05, 0) is 49.6 Å². The number of halogens is 2. The van der Waals surface area contributed by atoms with Crippen molar-refractivity contribution in [2.45, 2.75) is 36.5 Å². The zero-order valence-electron chi connectivity index (χ0n) is 17.6. The number of sulfone groups is 1. The fourth-order valence-corrected chi connectivity index (χ4v) is 5.92. The lowest BCUT2D eigenvalue weighted by Gasteiger charge is -2.30. The van der Waals surface area contributed by atoms with E-state index in [9.17, 15) is 13.2 Å². The van der Waals surface area contributed by atoms with Crippen molar-refractivity contribution in [3.05, 3.63) is 46.0 Å². The van der Waals surface area contributed by atoms with Gasteiger partial charge >= 0.3 is 0 Å². The van der Waals surface area contributed by atoms with Gasteiger partial charge in [-0.1, -0.05) is 11.6 Å². The lowest BCUT2D eigenvalue weighted by atomic mass is 10.1. The lowest BCUT2D eigenvalue weighted by molar-refractivity contribution is 0.0950. The molecule has 0 radical (unpaired) electrons. The van der Waals surface area contributed by atoms with Crippen LogP contribution < -0.4 is 20.3 Å². The molecule has 5 rings (SSSR count). The van der Waals surface area contributed by atoms with Gasteiger partial charge in [-0.25, -0.2) is 8.42 Å². The van der Waals surface area contributed by atoms with Gasteiger partial charge in [0, 0.05) is 49.0 Å².